The third-order valence-electron chi connectivity index (χ3n) is 0.931. The number of hydrogen-bond donors (Lipinski definition) is 2. The van der Waals surface area contributed by atoms with Crippen LogP contribution in [0.4, 0.5) is 0 Å². The van der Waals surface area contributed by atoms with E-state index in [1.54, 1.807) is 0 Å². The average Bonchev–Trinajstić information content (AvgIpc) is 1.80. The van der Waals surface area contributed by atoms with Crippen molar-refractivity contribution >= 4 is 45.5 Å². The van der Waals surface area contributed by atoms with Gasteiger partial charge in [0, 0.05) is 0 Å². The number of aromatic hydroxyl groups is 2. The van der Waals surface area contributed by atoms with Crippen molar-refractivity contribution in [2.45, 2.75) is 0 Å². The summed E-state index contributed by atoms with van der Waals surface area (Å²) in [5.41, 5.74) is 0. The van der Waals surface area contributed by atoms with Gasteiger partial charge in [-0.25, -0.2) is 0 Å². The van der Waals surface area contributed by atoms with E-state index in [4.69, 9.17) is 10.2 Å². The van der Waals surface area contributed by atoms with E-state index in [2.05, 4.69) is 15.9 Å². The maximum absolute atomic E-state index is 8.89. The van der Waals surface area contributed by atoms with Crippen LogP contribution in [0.2, 0.25) is 0 Å². The van der Waals surface area contributed by atoms with Gasteiger partial charge in [-0.3, -0.25) is 0 Å². The second-order valence-corrected chi connectivity index (χ2v) is 2.49. The SMILES string of the molecule is Oc1ccc(O)c(Br)c1.[NaH]. The summed E-state index contributed by atoms with van der Waals surface area (Å²) < 4.78 is 0.502. The van der Waals surface area contributed by atoms with Crippen molar-refractivity contribution in [1.82, 2.24) is 0 Å². The molecule has 1 aromatic rings. The summed E-state index contributed by atoms with van der Waals surface area (Å²) >= 11 is 3.04. The summed E-state index contributed by atoms with van der Waals surface area (Å²) in [5, 5.41) is 17.7. The molecule has 0 bridgehead atoms. The molecule has 2 N–H and O–H groups in total. The average molecular weight is 213 g/mol. The van der Waals surface area contributed by atoms with Crippen molar-refractivity contribution in [3.8, 4) is 11.5 Å². The van der Waals surface area contributed by atoms with Crippen molar-refractivity contribution in [3.63, 3.8) is 0 Å². The molecule has 10 heavy (non-hydrogen) atoms. The van der Waals surface area contributed by atoms with Crippen LogP contribution in [0.5, 0.6) is 11.5 Å². The van der Waals surface area contributed by atoms with Gasteiger partial charge in [0.05, 0.1) is 4.47 Å². The molecule has 2 nitrogen and oxygen atoms in total. The standard InChI is InChI=1S/C6H5BrO2.Na.H/c7-5-3-4(8)1-2-6(5)9;;/h1-3,8-9H;;. The van der Waals surface area contributed by atoms with Crippen LogP contribution in [0.3, 0.4) is 0 Å². The first-order valence-corrected chi connectivity index (χ1v) is 3.17. The van der Waals surface area contributed by atoms with Crippen molar-refractivity contribution in [3.05, 3.63) is 22.7 Å². The normalized spacial score (nSPS) is 8.50. The topological polar surface area (TPSA) is 40.5 Å². The van der Waals surface area contributed by atoms with Crippen LogP contribution in [0.15, 0.2) is 22.7 Å². The number of rotatable bonds is 0. The molecule has 0 saturated carbocycles. The zero-order valence-electron chi connectivity index (χ0n) is 4.50. The van der Waals surface area contributed by atoms with E-state index in [0.717, 1.165) is 0 Å². The molecule has 0 aliphatic carbocycles. The molecule has 50 valence electrons. The van der Waals surface area contributed by atoms with Gasteiger partial charge in [0.2, 0.25) is 0 Å². The minimum atomic E-state index is 0. The molecule has 0 unspecified atom stereocenters. The van der Waals surface area contributed by atoms with Crippen LogP contribution in [-0.4, -0.2) is 39.8 Å². The van der Waals surface area contributed by atoms with Crippen LogP contribution >= 0.6 is 15.9 Å². The Labute approximate surface area is 89.3 Å². The number of hydrogen-bond acceptors (Lipinski definition) is 2. The van der Waals surface area contributed by atoms with Crippen molar-refractivity contribution in [2.75, 3.05) is 0 Å². The molecule has 1 rings (SSSR count). The maximum atomic E-state index is 8.89. The molecule has 0 atom stereocenters. The molecule has 4 heteroatoms. The molecule has 0 radical (unpaired) electrons. The third kappa shape index (κ3) is 2.50. The van der Waals surface area contributed by atoms with Gasteiger partial charge in [-0.15, -0.1) is 0 Å². The second kappa shape index (κ2) is 4.23. The Morgan fingerprint density at radius 3 is 2.20 bits per heavy atom. The Morgan fingerprint density at radius 2 is 1.80 bits per heavy atom. The molecular formula is C6H6BrNaO2. The van der Waals surface area contributed by atoms with E-state index in [1.165, 1.54) is 18.2 Å². The van der Waals surface area contributed by atoms with Gasteiger partial charge in [-0.05, 0) is 34.1 Å². The third-order valence-corrected chi connectivity index (χ3v) is 1.57. The van der Waals surface area contributed by atoms with Gasteiger partial charge in [-0.1, -0.05) is 0 Å². The predicted octanol–water partition coefficient (Wildman–Crippen LogP) is 1.21. The first kappa shape index (κ1) is 10.3. The summed E-state index contributed by atoms with van der Waals surface area (Å²) in [4.78, 5) is 0. The van der Waals surface area contributed by atoms with Crippen LogP contribution in [0.1, 0.15) is 0 Å². The Balaban J connectivity index is 0.000000810. The summed E-state index contributed by atoms with van der Waals surface area (Å²) in [5.74, 6) is 0.271. The molecule has 0 aliphatic rings. The Kier molecular flexibility index (Phi) is 4.36. The zero-order chi connectivity index (χ0) is 6.85. The van der Waals surface area contributed by atoms with Gasteiger partial charge in [0.1, 0.15) is 11.5 Å². The summed E-state index contributed by atoms with van der Waals surface area (Å²) in [7, 11) is 0. The van der Waals surface area contributed by atoms with Crippen LogP contribution in [0.25, 0.3) is 0 Å². The monoisotopic (exact) mass is 212 g/mol. The van der Waals surface area contributed by atoms with Gasteiger partial charge in [0.25, 0.3) is 0 Å². The van der Waals surface area contributed by atoms with E-state index in [9.17, 15) is 0 Å². The first-order chi connectivity index (χ1) is 4.20. The molecule has 0 spiro atoms. The van der Waals surface area contributed by atoms with Gasteiger partial charge in [-0.2, -0.15) is 0 Å². The predicted molar refractivity (Wildman–Crippen MR) is 44.6 cm³/mol. The zero-order valence-corrected chi connectivity index (χ0v) is 6.09. The Hall–Kier alpha value is 0.300. The molecule has 0 aromatic heterocycles. The van der Waals surface area contributed by atoms with Gasteiger partial charge >= 0.3 is 29.6 Å². The van der Waals surface area contributed by atoms with Crippen LogP contribution < -0.4 is 0 Å². The van der Waals surface area contributed by atoms with E-state index >= 15 is 0 Å². The van der Waals surface area contributed by atoms with E-state index in [-0.39, 0.29) is 41.1 Å². The molecular weight excluding hydrogens is 207 g/mol. The fraction of sp³-hybridized carbons (Fsp3) is 0. The molecule has 0 heterocycles. The van der Waals surface area contributed by atoms with Crippen LogP contribution in [0, 0.1) is 0 Å². The fourth-order valence-corrected chi connectivity index (χ4v) is 0.863. The fourth-order valence-electron chi connectivity index (χ4n) is 0.496. The van der Waals surface area contributed by atoms with Gasteiger partial charge < -0.3 is 10.2 Å². The molecule has 0 aliphatic heterocycles. The Morgan fingerprint density at radius 1 is 1.20 bits per heavy atom. The number of phenols is 2. The van der Waals surface area contributed by atoms with Crippen molar-refractivity contribution in [1.29, 1.82) is 0 Å². The summed E-state index contributed by atoms with van der Waals surface area (Å²) in [6, 6.07) is 4.26. The number of phenolic OH excluding ortho intramolecular Hbond substituents is 2. The van der Waals surface area contributed by atoms with E-state index in [1.807, 2.05) is 0 Å². The van der Waals surface area contributed by atoms with E-state index < -0.39 is 0 Å². The quantitative estimate of drug-likeness (QED) is 0.502. The molecule has 0 fully saturated rings. The minimum absolute atomic E-state index is 0. The second-order valence-electron chi connectivity index (χ2n) is 1.64. The Bertz CT molecular complexity index is 227. The van der Waals surface area contributed by atoms with Gasteiger partial charge in [0.15, 0.2) is 0 Å². The summed E-state index contributed by atoms with van der Waals surface area (Å²) in [6.45, 7) is 0. The summed E-state index contributed by atoms with van der Waals surface area (Å²) in [6.07, 6.45) is 0. The number of benzene rings is 1. The number of halogens is 1. The van der Waals surface area contributed by atoms with E-state index in [0.29, 0.717) is 4.47 Å². The van der Waals surface area contributed by atoms with Crippen molar-refractivity contribution < 1.29 is 10.2 Å². The molecule has 0 saturated heterocycles. The van der Waals surface area contributed by atoms with Crippen molar-refractivity contribution in [2.24, 2.45) is 0 Å². The molecule has 0 amide bonds. The molecule has 1 aromatic carbocycles. The van der Waals surface area contributed by atoms with Crippen LogP contribution in [-0.2, 0) is 0 Å². The first-order valence-electron chi connectivity index (χ1n) is 2.37.